The largest absolute Gasteiger partial charge is 0.494 e. The van der Waals surface area contributed by atoms with Crippen molar-refractivity contribution < 1.29 is 9.84 Å². The van der Waals surface area contributed by atoms with E-state index in [4.69, 9.17) is 27.9 Å². The average Bonchev–Trinajstić information content (AvgIpc) is 2.60. The molecule has 8 heteroatoms. The Hall–Kier alpha value is -2.33. The van der Waals surface area contributed by atoms with Crippen LogP contribution in [0.25, 0.3) is 0 Å². The number of ether oxygens (including phenoxy) is 1. The van der Waals surface area contributed by atoms with Gasteiger partial charge in [-0.1, -0.05) is 23.2 Å². The number of aromatic hydroxyl groups is 1. The Morgan fingerprint density at radius 1 is 1.42 bits per heavy atom. The molecule has 2 aromatic rings. The number of rotatable bonds is 6. The SMILES string of the molecule is COCCCn1c(O)c(C=Nc2ccc(Cl)cc2Cl)c(C)c(C#N)c1=O. The van der Waals surface area contributed by atoms with E-state index in [1.165, 1.54) is 6.21 Å². The van der Waals surface area contributed by atoms with Gasteiger partial charge in [0, 0.05) is 31.5 Å². The van der Waals surface area contributed by atoms with Gasteiger partial charge in [0.05, 0.1) is 16.3 Å². The van der Waals surface area contributed by atoms with Crippen molar-refractivity contribution >= 4 is 35.1 Å². The number of hydrogen-bond donors (Lipinski definition) is 1. The van der Waals surface area contributed by atoms with Crippen LogP contribution in [0.1, 0.15) is 23.1 Å². The van der Waals surface area contributed by atoms with E-state index in [1.54, 1.807) is 32.2 Å². The topological polar surface area (TPSA) is 87.6 Å². The predicted molar refractivity (Wildman–Crippen MR) is 102 cm³/mol. The number of benzene rings is 1. The Balaban J connectivity index is 2.53. The molecule has 0 saturated carbocycles. The standard InChI is InChI=1S/C18H17Cl2N3O3/c1-11-13(9-21)17(24)23(6-3-7-26-2)18(25)14(11)10-22-16-5-4-12(19)8-15(16)20/h4-5,8,10,25H,3,6-7H2,1-2H3. The number of aromatic nitrogens is 1. The summed E-state index contributed by atoms with van der Waals surface area (Å²) in [5.74, 6) is -0.253. The Morgan fingerprint density at radius 2 is 2.15 bits per heavy atom. The number of nitriles is 1. The minimum atomic E-state index is -0.541. The lowest BCUT2D eigenvalue weighted by atomic mass is 10.1. The number of nitrogens with zero attached hydrogens (tertiary/aromatic N) is 3. The van der Waals surface area contributed by atoms with Crippen molar-refractivity contribution in [3.05, 3.63) is 55.3 Å². The normalized spacial score (nSPS) is 11.0. The van der Waals surface area contributed by atoms with Gasteiger partial charge in [-0.05, 0) is 37.1 Å². The van der Waals surface area contributed by atoms with E-state index >= 15 is 0 Å². The summed E-state index contributed by atoms with van der Waals surface area (Å²) >= 11 is 12.0. The third-order valence-electron chi connectivity index (χ3n) is 3.82. The quantitative estimate of drug-likeness (QED) is 0.596. The van der Waals surface area contributed by atoms with Crippen molar-refractivity contribution in [1.29, 1.82) is 5.26 Å². The molecule has 0 amide bonds. The van der Waals surface area contributed by atoms with Gasteiger partial charge in [-0.15, -0.1) is 0 Å². The van der Waals surface area contributed by atoms with E-state index in [2.05, 4.69) is 4.99 Å². The van der Waals surface area contributed by atoms with Crippen LogP contribution in [0, 0.1) is 18.3 Å². The molecule has 136 valence electrons. The lowest BCUT2D eigenvalue weighted by Gasteiger charge is -2.13. The summed E-state index contributed by atoms with van der Waals surface area (Å²) in [5.41, 5.74) is 0.506. The van der Waals surface area contributed by atoms with E-state index in [0.717, 1.165) is 4.57 Å². The fourth-order valence-corrected chi connectivity index (χ4v) is 2.88. The smallest absolute Gasteiger partial charge is 0.271 e. The van der Waals surface area contributed by atoms with E-state index in [9.17, 15) is 15.2 Å². The molecule has 0 aliphatic heterocycles. The van der Waals surface area contributed by atoms with E-state index in [1.807, 2.05) is 6.07 Å². The second kappa shape index (κ2) is 8.86. The van der Waals surface area contributed by atoms with Crippen LogP contribution in [-0.4, -0.2) is 29.6 Å². The van der Waals surface area contributed by atoms with Crippen molar-refractivity contribution in [3.8, 4) is 11.9 Å². The second-order valence-electron chi connectivity index (χ2n) is 5.51. The summed E-state index contributed by atoms with van der Waals surface area (Å²) in [6.07, 6.45) is 1.89. The zero-order chi connectivity index (χ0) is 19.3. The van der Waals surface area contributed by atoms with E-state index < -0.39 is 5.56 Å². The molecule has 0 saturated heterocycles. The molecule has 0 aliphatic carbocycles. The van der Waals surface area contributed by atoms with Crippen LogP contribution in [0.4, 0.5) is 5.69 Å². The van der Waals surface area contributed by atoms with Gasteiger partial charge in [-0.3, -0.25) is 14.4 Å². The third-order valence-corrected chi connectivity index (χ3v) is 4.36. The highest BCUT2D eigenvalue weighted by Crippen LogP contribution is 2.28. The Kier molecular flexibility index (Phi) is 6.81. The van der Waals surface area contributed by atoms with Gasteiger partial charge < -0.3 is 9.84 Å². The second-order valence-corrected chi connectivity index (χ2v) is 6.35. The van der Waals surface area contributed by atoms with Crippen molar-refractivity contribution in [2.45, 2.75) is 19.9 Å². The molecule has 0 atom stereocenters. The molecule has 0 spiro atoms. The molecule has 6 nitrogen and oxygen atoms in total. The highest BCUT2D eigenvalue weighted by molar-refractivity contribution is 6.36. The molecular weight excluding hydrogens is 377 g/mol. The first kappa shape index (κ1) is 20.0. The zero-order valence-corrected chi connectivity index (χ0v) is 15.8. The fourth-order valence-electron chi connectivity index (χ4n) is 2.42. The monoisotopic (exact) mass is 393 g/mol. The lowest BCUT2D eigenvalue weighted by molar-refractivity contribution is 0.188. The van der Waals surface area contributed by atoms with Gasteiger partial charge in [0.2, 0.25) is 5.88 Å². The van der Waals surface area contributed by atoms with Crippen LogP contribution in [0.15, 0.2) is 28.0 Å². The summed E-state index contributed by atoms with van der Waals surface area (Å²) < 4.78 is 6.12. The molecule has 0 aliphatic rings. The van der Waals surface area contributed by atoms with E-state index in [0.29, 0.717) is 34.3 Å². The molecule has 0 fully saturated rings. The Labute approximate surface area is 160 Å². The first-order chi connectivity index (χ1) is 12.4. The molecule has 0 unspecified atom stereocenters. The van der Waals surface area contributed by atoms with Crippen LogP contribution in [0.3, 0.4) is 0 Å². The zero-order valence-electron chi connectivity index (χ0n) is 14.3. The number of aliphatic imine (C=N–C) groups is 1. The summed E-state index contributed by atoms with van der Waals surface area (Å²) in [5, 5.41) is 20.7. The lowest BCUT2D eigenvalue weighted by Crippen LogP contribution is -2.26. The molecule has 2 rings (SSSR count). The van der Waals surface area contributed by atoms with E-state index in [-0.39, 0.29) is 23.6 Å². The van der Waals surface area contributed by atoms with Crippen molar-refractivity contribution in [1.82, 2.24) is 4.57 Å². The first-order valence-electron chi connectivity index (χ1n) is 7.75. The molecule has 1 heterocycles. The van der Waals surface area contributed by atoms with Gasteiger partial charge in [0.25, 0.3) is 5.56 Å². The van der Waals surface area contributed by atoms with Crippen molar-refractivity contribution in [3.63, 3.8) is 0 Å². The highest BCUT2D eigenvalue weighted by atomic mass is 35.5. The molecule has 1 aromatic heterocycles. The van der Waals surface area contributed by atoms with Gasteiger partial charge in [-0.25, -0.2) is 0 Å². The summed E-state index contributed by atoms with van der Waals surface area (Å²) in [4.78, 5) is 16.7. The maximum Gasteiger partial charge on any atom is 0.271 e. The van der Waals surface area contributed by atoms with Crippen LogP contribution >= 0.6 is 23.2 Å². The predicted octanol–water partition coefficient (Wildman–Crippen LogP) is 3.83. The molecular formula is C18H17Cl2N3O3. The highest BCUT2D eigenvalue weighted by Gasteiger charge is 2.17. The summed E-state index contributed by atoms with van der Waals surface area (Å²) in [7, 11) is 1.55. The summed E-state index contributed by atoms with van der Waals surface area (Å²) in [6.45, 7) is 2.23. The van der Waals surface area contributed by atoms with Gasteiger partial charge >= 0.3 is 0 Å². The Bertz CT molecular complexity index is 946. The number of halogens is 2. The van der Waals surface area contributed by atoms with Crippen LogP contribution in [0.2, 0.25) is 10.0 Å². The molecule has 26 heavy (non-hydrogen) atoms. The van der Waals surface area contributed by atoms with Crippen LogP contribution < -0.4 is 5.56 Å². The average molecular weight is 394 g/mol. The summed E-state index contributed by atoms with van der Waals surface area (Å²) in [6, 6.07) is 6.72. The maximum absolute atomic E-state index is 12.4. The first-order valence-corrected chi connectivity index (χ1v) is 8.50. The van der Waals surface area contributed by atoms with Crippen molar-refractivity contribution in [2.24, 2.45) is 4.99 Å². The van der Waals surface area contributed by atoms with Gasteiger partial charge in [-0.2, -0.15) is 5.26 Å². The van der Waals surface area contributed by atoms with Crippen LogP contribution in [-0.2, 0) is 11.3 Å². The fraction of sp³-hybridized carbons (Fsp3) is 0.278. The molecule has 0 bridgehead atoms. The minimum absolute atomic E-state index is 0.0381. The van der Waals surface area contributed by atoms with Gasteiger partial charge in [0.1, 0.15) is 11.6 Å². The minimum Gasteiger partial charge on any atom is -0.494 e. The maximum atomic E-state index is 12.4. The molecule has 1 N–H and O–H groups in total. The third kappa shape index (κ3) is 4.25. The van der Waals surface area contributed by atoms with Gasteiger partial charge in [0.15, 0.2) is 0 Å². The van der Waals surface area contributed by atoms with Crippen LogP contribution in [0.5, 0.6) is 5.88 Å². The number of pyridine rings is 1. The number of hydrogen-bond acceptors (Lipinski definition) is 5. The molecule has 1 aromatic carbocycles. The Morgan fingerprint density at radius 3 is 2.77 bits per heavy atom. The number of methoxy groups -OCH3 is 1. The van der Waals surface area contributed by atoms with Crippen molar-refractivity contribution in [2.75, 3.05) is 13.7 Å². The molecule has 0 radical (unpaired) electrons.